The Bertz CT molecular complexity index is 1360. The van der Waals surface area contributed by atoms with Crippen molar-refractivity contribution in [1.82, 2.24) is 0 Å². The van der Waals surface area contributed by atoms with Gasteiger partial charge in [-0.3, -0.25) is 4.99 Å². The van der Waals surface area contributed by atoms with Crippen LogP contribution in [-0.4, -0.2) is 13.8 Å². The Morgan fingerprint density at radius 1 is 0.971 bits per heavy atom. The number of allylic oxidation sites excluding steroid dienone is 5. The van der Waals surface area contributed by atoms with Gasteiger partial charge in [0, 0.05) is 11.8 Å². The average molecular weight is 597 g/mol. The van der Waals surface area contributed by atoms with Crippen LogP contribution in [0.2, 0.25) is 13.1 Å². The van der Waals surface area contributed by atoms with Crippen molar-refractivity contribution in [2.24, 2.45) is 4.99 Å². The van der Waals surface area contributed by atoms with Gasteiger partial charge in [-0.15, -0.1) is 34.5 Å². The van der Waals surface area contributed by atoms with E-state index in [0.717, 1.165) is 0 Å². The molecule has 0 saturated carbocycles. The molecule has 3 heterocycles. The maximum Gasteiger partial charge on any atom is 3.00 e. The Kier molecular flexibility index (Phi) is 9.67. The summed E-state index contributed by atoms with van der Waals surface area (Å²) in [5, 5.41) is 5.97. The van der Waals surface area contributed by atoms with Crippen LogP contribution in [0.25, 0.3) is 21.9 Å². The average Bonchev–Trinajstić information content (AvgIpc) is 3.49. The van der Waals surface area contributed by atoms with Crippen LogP contribution in [0.15, 0.2) is 93.4 Å². The topological polar surface area (TPSA) is 12.4 Å². The van der Waals surface area contributed by atoms with E-state index >= 15 is 0 Å². The summed E-state index contributed by atoms with van der Waals surface area (Å²) in [6, 6.07) is 20.2. The number of hydrogen-bond donors (Lipinski definition) is 0. The fourth-order valence-electron chi connectivity index (χ4n) is 5.74. The smallest absolute Gasteiger partial charge is 1.00 e. The van der Waals surface area contributed by atoms with Crippen LogP contribution in [0.4, 0.5) is 0 Å². The molecule has 1 atom stereocenters. The number of hydrogen-bond acceptors (Lipinski definition) is 1. The normalized spacial score (nSPS) is 16.8. The van der Waals surface area contributed by atoms with Crippen molar-refractivity contribution < 1.29 is 51.0 Å². The monoisotopic (exact) mass is 594 g/mol. The first-order chi connectivity index (χ1) is 15.3. The molecule has 0 aromatic heterocycles. The van der Waals surface area contributed by atoms with Crippen molar-refractivity contribution in [3.05, 3.63) is 99.5 Å². The zero-order chi connectivity index (χ0) is 22.6. The fraction of sp³-hybridized carbons (Fsp3) is 0.267. The third-order valence-electron chi connectivity index (χ3n) is 7.50. The second-order valence-corrected chi connectivity index (χ2v) is 14.2. The minimum absolute atomic E-state index is 0. The molecule has 0 spiro atoms. The Morgan fingerprint density at radius 2 is 1.66 bits per heavy atom. The van der Waals surface area contributed by atoms with Crippen LogP contribution < -0.4 is 24.8 Å². The summed E-state index contributed by atoms with van der Waals surface area (Å²) in [6.45, 7) is 13.8. The molecule has 7 rings (SSSR count). The SMILES string of the molecule is CC1=C2C3=NC=CC3=C1[Si]2(C)C.CCC(C)c1ccc(-c2cccc3[cH-]c(C)cc23)cc1.[Cl-].[Cl-].[Zr+3]. The summed E-state index contributed by atoms with van der Waals surface area (Å²) >= 11 is 0. The van der Waals surface area contributed by atoms with Gasteiger partial charge in [-0.2, -0.15) is 6.07 Å². The van der Waals surface area contributed by atoms with E-state index in [1.54, 1.807) is 10.4 Å². The Morgan fingerprint density at radius 3 is 2.26 bits per heavy atom. The Labute approximate surface area is 242 Å². The van der Waals surface area contributed by atoms with E-state index < -0.39 is 8.07 Å². The van der Waals surface area contributed by atoms with E-state index in [2.05, 4.69) is 106 Å². The number of aliphatic imine (C=N–C) groups is 1. The quantitative estimate of drug-likeness (QED) is 0.326. The summed E-state index contributed by atoms with van der Waals surface area (Å²) in [6.07, 6.45) is 5.29. The van der Waals surface area contributed by atoms with Gasteiger partial charge in [0.25, 0.3) is 0 Å². The number of aryl methyl sites for hydroxylation is 1. The largest absolute Gasteiger partial charge is 3.00 e. The number of rotatable bonds is 3. The first-order valence-electron chi connectivity index (χ1n) is 11.8. The summed E-state index contributed by atoms with van der Waals surface area (Å²) in [5.41, 5.74) is 9.70. The van der Waals surface area contributed by atoms with Crippen molar-refractivity contribution in [1.29, 1.82) is 0 Å². The van der Waals surface area contributed by atoms with E-state index in [4.69, 9.17) is 0 Å². The standard InChI is InChI=1S/C20H21.C10H11NSi.2ClH.Zr/c1-4-15(3)16-8-10-17(11-9-16)19-7-5-6-18-12-14(2)13-20(18)19;1-6-9-7-4-5-11-8(7)10(6)12(9,2)3;;;/h5-13,15H,4H2,1-3H3;4-5H,1-3H3;2*1H;/q-1;;;;+3/p-2. The molecule has 35 heavy (non-hydrogen) atoms. The van der Waals surface area contributed by atoms with Crippen LogP contribution in [0.5, 0.6) is 0 Å². The van der Waals surface area contributed by atoms with Gasteiger partial charge >= 0.3 is 26.2 Å². The van der Waals surface area contributed by atoms with Gasteiger partial charge < -0.3 is 24.8 Å². The van der Waals surface area contributed by atoms with Gasteiger partial charge in [0.1, 0.15) is 8.07 Å². The van der Waals surface area contributed by atoms with Crippen LogP contribution in [0, 0.1) is 6.92 Å². The molecule has 2 bridgehead atoms. The number of benzene rings is 2. The predicted molar refractivity (Wildman–Crippen MR) is 142 cm³/mol. The van der Waals surface area contributed by atoms with Crippen molar-refractivity contribution in [3.8, 4) is 11.1 Å². The predicted octanol–water partition coefficient (Wildman–Crippen LogP) is 2.43. The van der Waals surface area contributed by atoms with Crippen LogP contribution in [0.1, 0.15) is 44.2 Å². The molecule has 1 unspecified atom stereocenters. The molecular formula is C30H32Cl2NSiZr. The Balaban J connectivity index is 0.000000249. The summed E-state index contributed by atoms with van der Waals surface area (Å²) in [4.78, 5) is 4.42. The maximum atomic E-state index is 4.42. The van der Waals surface area contributed by atoms with Gasteiger partial charge in [-0.1, -0.05) is 69.8 Å². The first-order valence-corrected chi connectivity index (χ1v) is 14.8. The molecule has 3 aromatic rings. The van der Waals surface area contributed by atoms with E-state index in [0.29, 0.717) is 5.92 Å². The minimum atomic E-state index is -1.13. The van der Waals surface area contributed by atoms with Crippen molar-refractivity contribution in [2.75, 3.05) is 0 Å². The van der Waals surface area contributed by atoms with Crippen molar-refractivity contribution in [3.63, 3.8) is 0 Å². The first kappa shape index (κ1) is 29.8. The molecule has 5 heteroatoms. The van der Waals surface area contributed by atoms with Crippen LogP contribution in [-0.2, 0) is 26.2 Å². The van der Waals surface area contributed by atoms with E-state index in [9.17, 15) is 0 Å². The van der Waals surface area contributed by atoms with E-state index in [1.807, 2.05) is 6.20 Å². The van der Waals surface area contributed by atoms with E-state index in [-0.39, 0.29) is 51.0 Å². The van der Waals surface area contributed by atoms with Crippen molar-refractivity contribution in [2.45, 2.75) is 53.1 Å². The third kappa shape index (κ3) is 4.95. The molecule has 179 valence electrons. The summed E-state index contributed by atoms with van der Waals surface area (Å²) in [5.74, 6) is 0.640. The van der Waals surface area contributed by atoms with Gasteiger partial charge in [0.2, 0.25) is 0 Å². The molecule has 0 amide bonds. The van der Waals surface area contributed by atoms with Gasteiger partial charge in [-0.05, 0) is 52.4 Å². The van der Waals surface area contributed by atoms with Crippen LogP contribution >= 0.6 is 0 Å². The molecule has 0 fully saturated rings. The zero-order valence-corrected chi connectivity index (χ0v) is 26.3. The molecule has 4 aliphatic rings. The second kappa shape index (κ2) is 11.3. The van der Waals surface area contributed by atoms with Gasteiger partial charge in [-0.25, -0.2) is 0 Å². The van der Waals surface area contributed by atoms with Crippen LogP contribution in [0.3, 0.4) is 0 Å². The minimum Gasteiger partial charge on any atom is -1.00 e. The van der Waals surface area contributed by atoms with Gasteiger partial charge in [0.05, 0.1) is 5.71 Å². The summed E-state index contributed by atoms with van der Waals surface area (Å²) < 4.78 is 0. The van der Waals surface area contributed by atoms with E-state index in [1.165, 1.54) is 56.3 Å². The number of fused-ring (bicyclic) bond motifs is 1. The second-order valence-electron chi connectivity index (χ2n) is 9.98. The molecule has 3 aliphatic heterocycles. The molecule has 1 nitrogen and oxygen atoms in total. The summed E-state index contributed by atoms with van der Waals surface area (Å²) in [7, 11) is -1.13. The molecule has 0 N–H and O–H groups in total. The molecule has 3 aromatic carbocycles. The number of halogens is 2. The van der Waals surface area contributed by atoms with Gasteiger partial charge in [0.15, 0.2) is 0 Å². The third-order valence-corrected chi connectivity index (χ3v) is 11.3. The van der Waals surface area contributed by atoms with Crippen molar-refractivity contribution >= 4 is 24.6 Å². The molecule has 1 radical (unpaired) electrons. The zero-order valence-electron chi connectivity index (χ0n) is 21.3. The maximum absolute atomic E-state index is 4.42. The fourth-order valence-corrected chi connectivity index (χ4v) is 9.59. The molecule has 1 aliphatic carbocycles. The number of nitrogens with zero attached hydrogens (tertiary/aromatic N) is 1. The molecular weight excluding hydrogens is 565 g/mol. The molecule has 0 saturated heterocycles. The Hall–Kier alpha value is -1.38.